The molecule has 0 saturated heterocycles. The van der Waals surface area contributed by atoms with Gasteiger partial charge in [0.1, 0.15) is 5.75 Å². The number of nitrogens with zero attached hydrogens (tertiary/aromatic N) is 3. The summed E-state index contributed by atoms with van der Waals surface area (Å²) in [6.07, 6.45) is 3.51. The van der Waals surface area contributed by atoms with Gasteiger partial charge in [-0.3, -0.25) is 10.1 Å². The molecule has 108 valence electrons. The van der Waals surface area contributed by atoms with Crippen molar-refractivity contribution in [3.8, 4) is 17.0 Å². The standard InChI is InChI=1S/C16H11ClN4O/c1-22-16-3-2-9(4-11(16)17)15-8-18-13-5-10-7-19-21-12(10)6-14(13)20-15/h2-8H,1H3,(H,19,21). The minimum absolute atomic E-state index is 0.547. The van der Waals surface area contributed by atoms with Gasteiger partial charge in [0.05, 0.1) is 46.8 Å². The first-order valence-electron chi connectivity index (χ1n) is 6.68. The Kier molecular flexibility index (Phi) is 2.94. The highest BCUT2D eigenvalue weighted by Crippen LogP contribution is 2.30. The zero-order chi connectivity index (χ0) is 15.1. The predicted octanol–water partition coefficient (Wildman–Crippen LogP) is 3.84. The maximum atomic E-state index is 6.17. The van der Waals surface area contributed by atoms with Crippen molar-refractivity contribution in [1.29, 1.82) is 0 Å². The molecule has 0 aliphatic heterocycles. The van der Waals surface area contributed by atoms with E-state index < -0.39 is 0 Å². The van der Waals surface area contributed by atoms with Crippen LogP contribution in [0, 0.1) is 0 Å². The summed E-state index contributed by atoms with van der Waals surface area (Å²) >= 11 is 6.17. The third-order valence-electron chi connectivity index (χ3n) is 3.55. The molecule has 1 N–H and O–H groups in total. The van der Waals surface area contributed by atoms with Gasteiger partial charge in [-0.2, -0.15) is 5.10 Å². The molecule has 2 aromatic heterocycles. The van der Waals surface area contributed by atoms with Crippen molar-refractivity contribution < 1.29 is 4.74 Å². The molecular weight excluding hydrogens is 300 g/mol. The number of aromatic amines is 1. The van der Waals surface area contributed by atoms with Crippen LogP contribution in [0.1, 0.15) is 0 Å². The van der Waals surface area contributed by atoms with Crippen molar-refractivity contribution in [2.75, 3.05) is 7.11 Å². The number of halogens is 1. The van der Waals surface area contributed by atoms with Gasteiger partial charge in [-0.25, -0.2) is 4.98 Å². The Morgan fingerprint density at radius 1 is 1.09 bits per heavy atom. The van der Waals surface area contributed by atoms with E-state index >= 15 is 0 Å². The number of ether oxygens (including phenoxy) is 1. The van der Waals surface area contributed by atoms with Gasteiger partial charge in [0.2, 0.25) is 0 Å². The van der Waals surface area contributed by atoms with Crippen LogP contribution in [-0.2, 0) is 0 Å². The van der Waals surface area contributed by atoms with E-state index in [0.29, 0.717) is 10.8 Å². The number of benzene rings is 2. The van der Waals surface area contributed by atoms with E-state index in [4.69, 9.17) is 16.3 Å². The molecule has 0 unspecified atom stereocenters. The summed E-state index contributed by atoms with van der Waals surface area (Å²) < 4.78 is 5.17. The number of H-pyrrole nitrogens is 1. The fraction of sp³-hybridized carbons (Fsp3) is 0.0625. The van der Waals surface area contributed by atoms with E-state index in [1.165, 1.54) is 0 Å². The molecular formula is C16H11ClN4O. The minimum Gasteiger partial charge on any atom is -0.495 e. The van der Waals surface area contributed by atoms with Gasteiger partial charge >= 0.3 is 0 Å². The number of hydrogen-bond donors (Lipinski definition) is 1. The highest BCUT2D eigenvalue weighted by atomic mass is 35.5. The smallest absolute Gasteiger partial charge is 0.137 e. The summed E-state index contributed by atoms with van der Waals surface area (Å²) in [4.78, 5) is 9.14. The Bertz CT molecular complexity index is 996. The highest BCUT2D eigenvalue weighted by Gasteiger charge is 2.08. The van der Waals surface area contributed by atoms with Crippen LogP contribution in [0.25, 0.3) is 33.2 Å². The molecule has 4 aromatic rings. The van der Waals surface area contributed by atoms with Crippen molar-refractivity contribution >= 4 is 33.5 Å². The molecule has 2 heterocycles. The van der Waals surface area contributed by atoms with Crippen LogP contribution in [-0.4, -0.2) is 27.3 Å². The van der Waals surface area contributed by atoms with Gasteiger partial charge in [-0.15, -0.1) is 0 Å². The molecule has 0 spiro atoms. The maximum Gasteiger partial charge on any atom is 0.137 e. The van der Waals surface area contributed by atoms with Gasteiger partial charge in [-0.1, -0.05) is 11.6 Å². The zero-order valence-electron chi connectivity index (χ0n) is 11.7. The molecule has 0 amide bonds. The van der Waals surface area contributed by atoms with Crippen LogP contribution in [0.15, 0.2) is 42.7 Å². The van der Waals surface area contributed by atoms with Crippen molar-refractivity contribution in [2.45, 2.75) is 0 Å². The molecule has 4 rings (SSSR count). The third-order valence-corrected chi connectivity index (χ3v) is 3.85. The first kappa shape index (κ1) is 13.0. The quantitative estimate of drug-likeness (QED) is 0.611. The Labute approximate surface area is 130 Å². The lowest BCUT2D eigenvalue weighted by Gasteiger charge is -2.06. The van der Waals surface area contributed by atoms with Gasteiger partial charge in [0, 0.05) is 10.9 Å². The van der Waals surface area contributed by atoms with Crippen molar-refractivity contribution in [2.24, 2.45) is 0 Å². The second kappa shape index (κ2) is 4.96. The Morgan fingerprint density at radius 2 is 2.00 bits per heavy atom. The van der Waals surface area contributed by atoms with Gasteiger partial charge in [0.15, 0.2) is 0 Å². The Morgan fingerprint density at radius 3 is 2.82 bits per heavy atom. The zero-order valence-corrected chi connectivity index (χ0v) is 12.4. The fourth-order valence-corrected chi connectivity index (χ4v) is 2.67. The summed E-state index contributed by atoms with van der Waals surface area (Å²) in [6.45, 7) is 0. The number of rotatable bonds is 2. The molecule has 0 radical (unpaired) electrons. The van der Waals surface area contributed by atoms with Gasteiger partial charge in [-0.05, 0) is 30.3 Å². The van der Waals surface area contributed by atoms with E-state index in [1.807, 2.05) is 30.3 Å². The van der Waals surface area contributed by atoms with Crippen LogP contribution >= 0.6 is 11.6 Å². The lowest BCUT2D eigenvalue weighted by molar-refractivity contribution is 0.415. The molecule has 22 heavy (non-hydrogen) atoms. The topological polar surface area (TPSA) is 63.7 Å². The summed E-state index contributed by atoms with van der Waals surface area (Å²) in [7, 11) is 1.59. The minimum atomic E-state index is 0.547. The molecule has 5 nitrogen and oxygen atoms in total. The number of hydrogen-bond acceptors (Lipinski definition) is 4. The fourth-order valence-electron chi connectivity index (χ4n) is 2.42. The molecule has 0 saturated carbocycles. The monoisotopic (exact) mass is 310 g/mol. The Balaban J connectivity index is 1.87. The van der Waals surface area contributed by atoms with Gasteiger partial charge in [0.25, 0.3) is 0 Å². The van der Waals surface area contributed by atoms with E-state index in [2.05, 4.69) is 20.2 Å². The number of nitrogens with one attached hydrogen (secondary N) is 1. The van der Waals surface area contributed by atoms with Crippen LogP contribution in [0.2, 0.25) is 5.02 Å². The second-order valence-electron chi connectivity index (χ2n) is 4.90. The van der Waals surface area contributed by atoms with Crippen molar-refractivity contribution in [3.05, 3.63) is 47.7 Å². The van der Waals surface area contributed by atoms with Gasteiger partial charge < -0.3 is 4.74 Å². The van der Waals surface area contributed by atoms with E-state index in [9.17, 15) is 0 Å². The molecule has 0 fully saturated rings. The average Bonchev–Trinajstić information content (AvgIpc) is 2.99. The highest BCUT2D eigenvalue weighted by molar-refractivity contribution is 6.32. The Hall–Kier alpha value is -2.66. The number of fused-ring (bicyclic) bond motifs is 2. The van der Waals surface area contributed by atoms with Crippen molar-refractivity contribution in [3.63, 3.8) is 0 Å². The summed E-state index contributed by atoms with van der Waals surface area (Å²) in [5, 5.41) is 8.53. The molecule has 0 bridgehead atoms. The number of methoxy groups -OCH3 is 1. The predicted molar refractivity (Wildman–Crippen MR) is 86.2 cm³/mol. The lowest BCUT2D eigenvalue weighted by Crippen LogP contribution is -1.90. The first-order valence-corrected chi connectivity index (χ1v) is 7.06. The third kappa shape index (κ3) is 2.07. The first-order chi connectivity index (χ1) is 10.7. The number of aromatic nitrogens is 4. The molecule has 0 atom stereocenters. The van der Waals surface area contributed by atoms with Crippen LogP contribution in [0.3, 0.4) is 0 Å². The van der Waals surface area contributed by atoms with Crippen LogP contribution in [0.5, 0.6) is 5.75 Å². The maximum absolute atomic E-state index is 6.17. The van der Waals surface area contributed by atoms with Crippen LogP contribution < -0.4 is 4.74 Å². The lowest BCUT2D eigenvalue weighted by atomic mass is 10.1. The summed E-state index contributed by atoms with van der Waals surface area (Å²) in [5.74, 6) is 0.637. The SMILES string of the molecule is COc1ccc(-c2cnc3cc4cn[nH]c4cc3n2)cc1Cl. The van der Waals surface area contributed by atoms with E-state index in [1.54, 1.807) is 19.5 Å². The summed E-state index contributed by atoms with van der Waals surface area (Å²) in [5.41, 5.74) is 4.23. The summed E-state index contributed by atoms with van der Waals surface area (Å²) in [6, 6.07) is 9.47. The average molecular weight is 311 g/mol. The largest absolute Gasteiger partial charge is 0.495 e. The van der Waals surface area contributed by atoms with Crippen molar-refractivity contribution in [1.82, 2.24) is 20.2 Å². The van der Waals surface area contributed by atoms with Crippen LogP contribution in [0.4, 0.5) is 0 Å². The van der Waals surface area contributed by atoms with E-state index in [-0.39, 0.29) is 0 Å². The normalized spacial score (nSPS) is 11.2. The molecule has 0 aliphatic rings. The molecule has 2 aromatic carbocycles. The molecule has 0 aliphatic carbocycles. The van der Waals surface area contributed by atoms with E-state index in [0.717, 1.165) is 33.2 Å². The second-order valence-corrected chi connectivity index (χ2v) is 5.31. The molecule has 6 heteroatoms.